The minimum absolute atomic E-state index is 0.0164. The number of amides is 1. The van der Waals surface area contributed by atoms with Crippen LogP contribution in [0.1, 0.15) is 43.4 Å². The number of furan rings is 1. The Bertz CT molecular complexity index is 1210. The number of benzene rings is 2. The van der Waals surface area contributed by atoms with Crippen LogP contribution in [0.5, 0.6) is 5.75 Å². The molecule has 1 atom stereocenters. The van der Waals surface area contributed by atoms with Gasteiger partial charge in [0.05, 0.1) is 30.8 Å². The highest BCUT2D eigenvalue weighted by atomic mass is 32.2. The number of carbonyl (C=O) groups is 1. The van der Waals surface area contributed by atoms with Crippen molar-refractivity contribution in [1.29, 1.82) is 0 Å². The van der Waals surface area contributed by atoms with E-state index in [0.717, 1.165) is 40.7 Å². The fourth-order valence-corrected chi connectivity index (χ4v) is 6.03. The highest BCUT2D eigenvalue weighted by molar-refractivity contribution is 7.91. The van der Waals surface area contributed by atoms with E-state index in [1.54, 1.807) is 11.2 Å². The molecule has 1 saturated heterocycles. The third kappa shape index (κ3) is 5.58. The Labute approximate surface area is 195 Å². The Morgan fingerprint density at radius 3 is 2.55 bits per heavy atom. The normalized spacial score (nSPS) is 17.3. The van der Waals surface area contributed by atoms with E-state index in [1.165, 1.54) is 5.56 Å². The lowest BCUT2D eigenvalue weighted by Crippen LogP contribution is -2.41. The minimum atomic E-state index is -3.12. The van der Waals surface area contributed by atoms with Crippen LogP contribution in [-0.4, -0.2) is 43.4 Å². The molecule has 0 aliphatic carbocycles. The van der Waals surface area contributed by atoms with Crippen molar-refractivity contribution in [2.45, 2.75) is 52.1 Å². The summed E-state index contributed by atoms with van der Waals surface area (Å²) >= 11 is 0. The van der Waals surface area contributed by atoms with Crippen LogP contribution in [0.15, 0.2) is 53.1 Å². The molecule has 1 fully saturated rings. The Hall–Kier alpha value is -2.80. The summed E-state index contributed by atoms with van der Waals surface area (Å²) in [5.74, 6) is 0.842. The molecule has 0 radical (unpaired) electrons. The monoisotopic (exact) mass is 469 g/mol. The van der Waals surface area contributed by atoms with Gasteiger partial charge >= 0.3 is 0 Å². The average molecular weight is 470 g/mol. The van der Waals surface area contributed by atoms with Gasteiger partial charge in [0.2, 0.25) is 5.91 Å². The first-order valence-electron chi connectivity index (χ1n) is 11.6. The fourth-order valence-electron chi connectivity index (χ4n) is 4.30. The zero-order valence-electron chi connectivity index (χ0n) is 19.2. The summed E-state index contributed by atoms with van der Waals surface area (Å²) in [6.07, 6.45) is 4.12. The molecule has 2 heterocycles. The van der Waals surface area contributed by atoms with Crippen molar-refractivity contribution in [2.24, 2.45) is 0 Å². The summed E-state index contributed by atoms with van der Waals surface area (Å²) in [6, 6.07) is 13.4. The number of hydrogen-bond acceptors (Lipinski definition) is 5. The molecule has 2 aromatic carbocycles. The van der Waals surface area contributed by atoms with E-state index in [4.69, 9.17) is 9.15 Å². The smallest absolute Gasteiger partial charge is 0.227 e. The first-order valence-corrected chi connectivity index (χ1v) is 13.4. The molecule has 4 rings (SSSR count). The first-order chi connectivity index (χ1) is 15.9. The van der Waals surface area contributed by atoms with Gasteiger partial charge in [0.15, 0.2) is 9.84 Å². The van der Waals surface area contributed by atoms with Crippen molar-refractivity contribution in [3.63, 3.8) is 0 Å². The fraction of sp³-hybridized carbons (Fsp3) is 0.423. The number of carbonyl (C=O) groups excluding carboxylic acids is 1. The second-order valence-corrected chi connectivity index (χ2v) is 10.9. The summed E-state index contributed by atoms with van der Waals surface area (Å²) in [5, 5.41) is 0.944. The summed E-state index contributed by atoms with van der Waals surface area (Å²) in [7, 11) is -3.12. The predicted octanol–water partition coefficient (Wildman–Crippen LogP) is 4.54. The number of aryl methyl sites for hydroxylation is 1. The molecule has 33 heavy (non-hydrogen) atoms. The summed E-state index contributed by atoms with van der Waals surface area (Å²) < 4.78 is 35.6. The maximum atomic E-state index is 13.5. The lowest BCUT2D eigenvalue weighted by atomic mass is 10.0. The van der Waals surface area contributed by atoms with Gasteiger partial charge in [-0.25, -0.2) is 8.42 Å². The van der Waals surface area contributed by atoms with Crippen LogP contribution in [-0.2, 0) is 34.0 Å². The number of ether oxygens (including phenoxy) is 1. The molecule has 0 saturated carbocycles. The standard InChI is InChI=1S/C26H31NO5S/c1-3-12-31-23-8-5-20(6-9-23)16-27(22-11-13-33(29,30)18-22)26(28)15-21-17-32-25-10-7-19(4-2)14-24(21)25/h5-10,14,17,22H,3-4,11-13,15-16,18H2,1-2H3/t22-/m1/s1. The molecule has 176 valence electrons. The topological polar surface area (TPSA) is 76.8 Å². The Morgan fingerprint density at radius 1 is 1.12 bits per heavy atom. The van der Waals surface area contributed by atoms with Gasteiger partial charge in [-0.05, 0) is 54.7 Å². The van der Waals surface area contributed by atoms with E-state index >= 15 is 0 Å². The molecule has 3 aromatic rings. The zero-order chi connectivity index (χ0) is 23.4. The first kappa shape index (κ1) is 23.4. The lowest BCUT2D eigenvalue weighted by molar-refractivity contribution is -0.133. The highest BCUT2D eigenvalue weighted by Gasteiger charge is 2.35. The maximum Gasteiger partial charge on any atom is 0.227 e. The Morgan fingerprint density at radius 2 is 1.88 bits per heavy atom. The Balaban J connectivity index is 1.56. The molecular weight excluding hydrogens is 438 g/mol. The van der Waals surface area contributed by atoms with E-state index in [-0.39, 0.29) is 29.9 Å². The van der Waals surface area contributed by atoms with Gasteiger partial charge in [-0.15, -0.1) is 0 Å². The largest absolute Gasteiger partial charge is 0.494 e. The van der Waals surface area contributed by atoms with Crippen LogP contribution >= 0.6 is 0 Å². The van der Waals surface area contributed by atoms with Crippen LogP contribution in [0.4, 0.5) is 0 Å². The van der Waals surface area contributed by atoms with Crippen molar-refractivity contribution in [3.05, 3.63) is 65.4 Å². The molecule has 1 aliphatic heterocycles. The Kier molecular flexibility index (Phi) is 7.08. The molecule has 0 unspecified atom stereocenters. The minimum Gasteiger partial charge on any atom is -0.494 e. The average Bonchev–Trinajstić information content (AvgIpc) is 3.38. The van der Waals surface area contributed by atoms with Crippen molar-refractivity contribution >= 4 is 26.7 Å². The maximum absolute atomic E-state index is 13.5. The highest BCUT2D eigenvalue weighted by Crippen LogP contribution is 2.26. The third-order valence-electron chi connectivity index (χ3n) is 6.19. The van der Waals surface area contributed by atoms with Crippen LogP contribution in [0.2, 0.25) is 0 Å². The number of fused-ring (bicyclic) bond motifs is 1. The number of sulfone groups is 1. The molecular formula is C26H31NO5S. The molecule has 6 nitrogen and oxygen atoms in total. The molecule has 0 bridgehead atoms. The molecule has 0 spiro atoms. The van der Waals surface area contributed by atoms with Gasteiger partial charge in [-0.3, -0.25) is 4.79 Å². The van der Waals surface area contributed by atoms with E-state index in [1.807, 2.05) is 36.4 Å². The summed E-state index contributed by atoms with van der Waals surface area (Å²) in [4.78, 5) is 15.2. The molecule has 1 aromatic heterocycles. The van der Waals surface area contributed by atoms with E-state index in [0.29, 0.717) is 19.6 Å². The number of rotatable bonds is 9. The van der Waals surface area contributed by atoms with Crippen LogP contribution in [0, 0.1) is 0 Å². The van der Waals surface area contributed by atoms with Gasteiger partial charge in [-0.1, -0.05) is 32.0 Å². The van der Waals surface area contributed by atoms with Crippen LogP contribution < -0.4 is 4.74 Å². The summed E-state index contributed by atoms with van der Waals surface area (Å²) in [6.45, 7) is 5.16. The van der Waals surface area contributed by atoms with E-state index < -0.39 is 9.84 Å². The molecule has 0 N–H and O–H groups in total. The van der Waals surface area contributed by atoms with Crippen molar-refractivity contribution < 1.29 is 22.4 Å². The van der Waals surface area contributed by atoms with Gasteiger partial charge in [0.25, 0.3) is 0 Å². The quantitative estimate of drug-likeness (QED) is 0.460. The van der Waals surface area contributed by atoms with Gasteiger partial charge in [-0.2, -0.15) is 0 Å². The van der Waals surface area contributed by atoms with E-state index in [2.05, 4.69) is 19.9 Å². The lowest BCUT2D eigenvalue weighted by Gasteiger charge is -2.28. The number of hydrogen-bond donors (Lipinski definition) is 0. The number of nitrogens with zero attached hydrogens (tertiary/aromatic N) is 1. The second kappa shape index (κ2) is 10.00. The van der Waals surface area contributed by atoms with Crippen molar-refractivity contribution in [1.82, 2.24) is 4.90 Å². The van der Waals surface area contributed by atoms with Gasteiger partial charge in [0, 0.05) is 23.5 Å². The van der Waals surface area contributed by atoms with E-state index in [9.17, 15) is 13.2 Å². The van der Waals surface area contributed by atoms with Gasteiger partial charge in [0.1, 0.15) is 11.3 Å². The predicted molar refractivity (Wildman–Crippen MR) is 129 cm³/mol. The van der Waals surface area contributed by atoms with Crippen LogP contribution in [0.25, 0.3) is 11.0 Å². The third-order valence-corrected chi connectivity index (χ3v) is 7.94. The SMILES string of the molecule is CCCOc1ccc(CN(C(=O)Cc2coc3ccc(CC)cc23)[C@@H]2CCS(=O)(=O)C2)cc1. The zero-order valence-corrected chi connectivity index (χ0v) is 20.1. The molecule has 1 aliphatic rings. The van der Waals surface area contributed by atoms with Crippen molar-refractivity contribution in [2.75, 3.05) is 18.1 Å². The summed E-state index contributed by atoms with van der Waals surface area (Å²) in [5.41, 5.74) is 3.72. The van der Waals surface area contributed by atoms with Crippen LogP contribution in [0.3, 0.4) is 0 Å². The second-order valence-electron chi connectivity index (χ2n) is 8.69. The van der Waals surface area contributed by atoms with Crippen molar-refractivity contribution in [3.8, 4) is 5.75 Å². The molecule has 7 heteroatoms. The van der Waals surface area contributed by atoms with Gasteiger partial charge < -0.3 is 14.1 Å². The molecule has 1 amide bonds.